The molecule has 17 nitrogen and oxygen atoms in total. The number of esters is 2. The number of aliphatic hydroxyl groups excluding tert-OH is 5. The van der Waals surface area contributed by atoms with Gasteiger partial charge in [0.25, 0.3) is 0 Å². The second-order valence-corrected chi connectivity index (χ2v) is 19.6. The van der Waals surface area contributed by atoms with Crippen LogP contribution in [0.2, 0.25) is 0 Å². The topological polar surface area (TPSA) is 276 Å². The average Bonchev–Trinajstić information content (AvgIpc) is 3.31. The highest BCUT2D eigenvalue weighted by Crippen LogP contribution is 2.49. The smallest absolute Gasteiger partial charge is 0.462 e. The number of ether oxygens (including phenoxy) is 2. The number of phosphoric acid groups is 2. The van der Waals surface area contributed by atoms with Gasteiger partial charge in [0, 0.05) is 12.8 Å². The van der Waals surface area contributed by atoms with Crippen LogP contribution in [-0.4, -0.2) is 114 Å². The number of carbonyl (C=O) groups is 2. The molecule has 70 heavy (non-hydrogen) atoms. The molecule has 9 atom stereocenters. The summed E-state index contributed by atoms with van der Waals surface area (Å²) < 4.78 is 49.3. The van der Waals surface area contributed by atoms with Crippen molar-refractivity contribution >= 4 is 27.6 Å². The Bertz CT molecular complexity index is 1730. The summed E-state index contributed by atoms with van der Waals surface area (Å²) in [6.07, 6.45) is 33.8. The molecule has 1 aliphatic rings. The lowest BCUT2D eigenvalue weighted by atomic mass is 9.85. The summed E-state index contributed by atoms with van der Waals surface area (Å²) in [5.74, 6) is -1.36. The number of allylic oxidation sites excluding steroid dienone is 14. The monoisotopic (exact) mass is 1030 g/mol. The zero-order valence-electron chi connectivity index (χ0n) is 41.3. The highest BCUT2D eigenvalue weighted by molar-refractivity contribution is 7.47. The van der Waals surface area contributed by atoms with Gasteiger partial charge >= 0.3 is 27.6 Å². The first-order valence-corrected chi connectivity index (χ1v) is 27.9. The van der Waals surface area contributed by atoms with Gasteiger partial charge in [-0.3, -0.25) is 23.2 Å². The SMILES string of the molecule is CCCCC/C=C\C=C/[C@@H](O)C/C=C\C/C=C/CCCC(=O)OC[C@H](COP(=O)(O)O[C@H]1C(O)C(O)C(O)[C@@H](OP(=O)(O)O)C1O)OC(=O)CCCCC/C=C\C/C=C\C/C=C\C/C=C\CCCCC. The Hall–Kier alpha value is -3.12. The number of hydrogen-bond acceptors (Lipinski definition) is 14. The minimum absolute atomic E-state index is 0.00217. The molecule has 0 amide bonds. The Kier molecular flexibility index (Phi) is 37.4. The van der Waals surface area contributed by atoms with Gasteiger partial charge < -0.3 is 49.7 Å². The van der Waals surface area contributed by atoms with Gasteiger partial charge in [-0.25, -0.2) is 9.13 Å². The molecule has 19 heteroatoms. The van der Waals surface area contributed by atoms with E-state index in [0.29, 0.717) is 38.5 Å². The fourth-order valence-corrected chi connectivity index (χ4v) is 8.33. The van der Waals surface area contributed by atoms with Gasteiger partial charge in [0.1, 0.15) is 43.2 Å². The summed E-state index contributed by atoms with van der Waals surface area (Å²) in [6.45, 7) is 2.90. The third-order valence-electron chi connectivity index (χ3n) is 10.7. The van der Waals surface area contributed by atoms with Crippen molar-refractivity contribution in [3.63, 3.8) is 0 Å². The van der Waals surface area contributed by atoms with Gasteiger partial charge in [-0.2, -0.15) is 0 Å². The molecule has 0 aliphatic heterocycles. The van der Waals surface area contributed by atoms with E-state index in [2.05, 4.69) is 73.1 Å². The molecule has 1 rings (SSSR count). The average molecular weight is 1030 g/mol. The van der Waals surface area contributed by atoms with E-state index in [1.807, 2.05) is 36.5 Å². The maximum Gasteiger partial charge on any atom is 0.472 e. The van der Waals surface area contributed by atoms with Gasteiger partial charge in [0.2, 0.25) is 0 Å². The zero-order valence-corrected chi connectivity index (χ0v) is 43.1. The summed E-state index contributed by atoms with van der Waals surface area (Å²) in [5.41, 5.74) is 0. The Morgan fingerprint density at radius 3 is 1.57 bits per heavy atom. The minimum atomic E-state index is -5.39. The molecule has 0 heterocycles. The van der Waals surface area contributed by atoms with Crippen molar-refractivity contribution in [2.24, 2.45) is 0 Å². The van der Waals surface area contributed by atoms with Gasteiger partial charge in [-0.1, -0.05) is 143 Å². The van der Waals surface area contributed by atoms with Crippen LogP contribution in [0.1, 0.15) is 149 Å². The van der Waals surface area contributed by atoms with Gasteiger partial charge in [0.05, 0.1) is 12.7 Å². The molecular weight excluding hydrogens is 946 g/mol. The molecule has 8 N–H and O–H groups in total. The maximum absolute atomic E-state index is 13.0. The lowest BCUT2D eigenvalue weighted by Gasteiger charge is -2.43. The lowest BCUT2D eigenvalue weighted by molar-refractivity contribution is -0.216. The van der Waals surface area contributed by atoms with E-state index in [1.54, 1.807) is 6.08 Å². The quantitative estimate of drug-likeness (QED) is 0.00935. The highest BCUT2D eigenvalue weighted by atomic mass is 31.2. The molecule has 0 saturated heterocycles. The molecule has 0 aromatic rings. The Balaban J connectivity index is 2.67. The largest absolute Gasteiger partial charge is 0.472 e. The fourth-order valence-electron chi connectivity index (χ4n) is 6.79. The predicted molar refractivity (Wildman–Crippen MR) is 270 cm³/mol. The van der Waals surface area contributed by atoms with E-state index < -0.39 is 89.6 Å². The zero-order chi connectivity index (χ0) is 51.9. The molecule has 0 aromatic carbocycles. The van der Waals surface area contributed by atoms with Crippen LogP contribution in [0.3, 0.4) is 0 Å². The second kappa shape index (κ2) is 40.4. The van der Waals surface area contributed by atoms with Crippen molar-refractivity contribution in [1.82, 2.24) is 0 Å². The highest BCUT2D eigenvalue weighted by Gasteiger charge is 2.54. The Morgan fingerprint density at radius 2 is 1.01 bits per heavy atom. The van der Waals surface area contributed by atoms with Crippen molar-refractivity contribution in [3.8, 4) is 0 Å². The molecule has 1 aliphatic carbocycles. The third-order valence-corrected chi connectivity index (χ3v) is 12.2. The number of hydrogen-bond donors (Lipinski definition) is 8. The number of rotatable bonds is 40. The summed E-state index contributed by atoms with van der Waals surface area (Å²) in [4.78, 5) is 54.3. The molecule has 5 unspecified atom stereocenters. The van der Waals surface area contributed by atoms with Crippen molar-refractivity contribution in [2.75, 3.05) is 13.2 Å². The van der Waals surface area contributed by atoms with Crippen LogP contribution in [0.5, 0.6) is 0 Å². The second-order valence-electron chi connectivity index (χ2n) is 17.0. The van der Waals surface area contributed by atoms with Crippen LogP contribution in [0.25, 0.3) is 0 Å². The first-order valence-electron chi connectivity index (χ1n) is 24.9. The van der Waals surface area contributed by atoms with Crippen molar-refractivity contribution in [3.05, 3.63) is 97.2 Å². The van der Waals surface area contributed by atoms with Crippen molar-refractivity contribution in [1.29, 1.82) is 0 Å². The van der Waals surface area contributed by atoms with Crippen LogP contribution >= 0.6 is 15.6 Å². The first-order chi connectivity index (χ1) is 33.5. The van der Waals surface area contributed by atoms with Crippen LogP contribution < -0.4 is 0 Å². The number of aliphatic hydroxyl groups is 5. The Labute approximate surface area is 416 Å². The molecular formula is C51H84O17P2. The van der Waals surface area contributed by atoms with E-state index in [0.717, 1.165) is 51.4 Å². The van der Waals surface area contributed by atoms with E-state index in [-0.39, 0.29) is 12.8 Å². The van der Waals surface area contributed by atoms with E-state index in [1.165, 1.54) is 32.1 Å². The van der Waals surface area contributed by atoms with Crippen LogP contribution in [0.4, 0.5) is 0 Å². The van der Waals surface area contributed by atoms with E-state index in [9.17, 15) is 58.9 Å². The Morgan fingerprint density at radius 1 is 0.529 bits per heavy atom. The molecule has 0 radical (unpaired) electrons. The summed E-state index contributed by atoms with van der Waals surface area (Å²) >= 11 is 0. The predicted octanol–water partition coefficient (Wildman–Crippen LogP) is 8.92. The minimum Gasteiger partial charge on any atom is -0.462 e. The first kappa shape index (κ1) is 64.9. The molecule has 400 valence electrons. The number of carbonyl (C=O) groups excluding carboxylic acids is 2. The van der Waals surface area contributed by atoms with E-state index in [4.69, 9.17) is 18.5 Å². The van der Waals surface area contributed by atoms with Crippen LogP contribution in [-0.2, 0) is 41.8 Å². The van der Waals surface area contributed by atoms with Gasteiger partial charge in [-0.05, 0) is 89.9 Å². The fraction of sp³-hybridized carbons (Fsp3) is 0.647. The summed E-state index contributed by atoms with van der Waals surface area (Å²) in [7, 11) is -10.7. The third kappa shape index (κ3) is 34.3. The summed E-state index contributed by atoms with van der Waals surface area (Å²) in [5, 5.41) is 51.4. The normalized spacial score (nSPS) is 22.3. The standard InChI is InChI=1S/C51H84O17P2/c1-3-5-7-9-11-12-13-14-15-16-17-18-19-20-21-22-26-31-35-39-45(54)66-43(41-65-70(62,63)68-51-48(57)46(55)47(56)50(49(51)58)67-69(59,60)61)40-64-44(53)38-34-30-27-23-25-29-33-37-42(52)36-32-28-24-10-8-6-4-2/h11-12,14-15,17-18,20-21,23-24,27-29,32-33,36,42-43,46-52,55-58H,3-10,13,16,19,22,25-26,30-31,34-35,37-41H2,1-2H3,(H,62,63)(H2,59,60,61)/b12-11-,15-14-,18-17-,21-20-,27-23+,28-24-,33-29-,36-32-/t42-,43-,46?,47?,48?,49?,50-,51+/m1/s1. The van der Waals surface area contributed by atoms with Crippen molar-refractivity contribution < 1.29 is 82.0 Å². The van der Waals surface area contributed by atoms with E-state index >= 15 is 0 Å². The summed E-state index contributed by atoms with van der Waals surface area (Å²) in [6, 6.07) is 0. The molecule has 1 saturated carbocycles. The van der Waals surface area contributed by atoms with Gasteiger partial charge in [-0.15, -0.1) is 0 Å². The van der Waals surface area contributed by atoms with Crippen molar-refractivity contribution in [2.45, 2.75) is 198 Å². The number of phosphoric ester groups is 2. The maximum atomic E-state index is 13.0. The molecule has 0 spiro atoms. The number of unbranched alkanes of at least 4 members (excludes halogenated alkanes) is 10. The van der Waals surface area contributed by atoms with Crippen LogP contribution in [0.15, 0.2) is 97.2 Å². The van der Waals surface area contributed by atoms with Gasteiger partial charge in [0.15, 0.2) is 6.10 Å². The van der Waals surface area contributed by atoms with Crippen LogP contribution in [0, 0.1) is 0 Å². The molecule has 1 fully saturated rings. The lowest BCUT2D eigenvalue weighted by Crippen LogP contribution is -2.64. The molecule has 0 bridgehead atoms. The molecule has 0 aromatic heterocycles.